The molecule has 2 unspecified atom stereocenters. The van der Waals surface area contributed by atoms with E-state index in [-0.39, 0.29) is 12.1 Å². The smallest absolute Gasteiger partial charge is 0.326 e. The molecule has 6 nitrogen and oxygen atoms in total. The molecular formula is C11H20N2O4. The van der Waals surface area contributed by atoms with Gasteiger partial charge in [-0.2, -0.15) is 0 Å². The van der Waals surface area contributed by atoms with E-state index in [1.165, 1.54) is 4.90 Å². The molecule has 0 aromatic carbocycles. The highest BCUT2D eigenvalue weighted by Gasteiger charge is 2.33. The van der Waals surface area contributed by atoms with E-state index in [4.69, 9.17) is 9.84 Å². The van der Waals surface area contributed by atoms with Crippen molar-refractivity contribution >= 4 is 12.0 Å². The highest BCUT2D eigenvalue weighted by atomic mass is 16.5. The van der Waals surface area contributed by atoms with Crippen molar-refractivity contribution in [2.75, 3.05) is 19.7 Å². The summed E-state index contributed by atoms with van der Waals surface area (Å²) in [4.78, 5) is 24.1. The van der Waals surface area contributed by atoms with E-state index in [0.29, 0.717) is 26.1 Å². The van der Waals surface area contributed by atoms with E-state index < -0.39 is 12.0 Å². The average Bonchev–Trinajstić information content (AvgIpc) is 2.75. The molecular weight excluding hydrogens is 224 g/mol. The van der Waals surface area contributed by atoms with Gasteiger partial charge in [-0.25, -0.2) is 9.59 Å². The van der Waals surface area contributed by atoms with Crippen molar-refractivity contribution in [2.45, 2.75) is 38.8 Å². The summed E-state index contributed by atoms with van der Waals surface area (Å²) in [5.74, 6) is -0.935. The van der Waals surface area contributed by atoms with Gasteiger partial charge in [0.05, 0.1) is 6.10 Å². The second-order valence-corrected chi connectivity index (χ2v) is 4.14. The number of carboxylic acids is 1. The van der Waals surface area contributed by atoms with Crippen molar-refractivity contribution < 1.29 is 19.4 Å². The Morgan fingerprint density at radius 1 is 1.59 bits per heavy atom. The summed E-state index contributed by atoms with van der Waals surface area (Å²) in [7, 11) is 0. The molecule has 1 saturated heterocycles. The van der Waals surface area contributed by atoms with Crippen LogP contribution in [0.3, 0.4) is 0 Å². The number of rotatable bonds is 5. The standard InChI is InChI=1S/C11H20N2O4/c1-3-17-8(2)7-12-11(16)13-6-4-5-9(13)10(14)15/h8-9H,3-7H2,1-2H3,(H,12,16)(H,14,15). The fraction of sp³-hybridized carbons (Fsp3) is 0.818. The number of nitrogens with one attached hydrogen (secondary N) is 1. The molecule has 98 valence electrons. The lowest BCUT2D eigenvalue weighted by Crippen LogP contribution is -2.47. The van der Waals surface area contributed by atoms with Crippen LogP contribution in [-0.4, -0.2) is 53.8 Å². The van der Waals surface area contributed by atoms with Gasteiger partial charge in [-0.15, -0.1) is 0 Å². The molecule has 0 saturated carbocycles. The number of carbonyl (C=O) groups excluding carboxylic acids is 1. The highest BCUT2D eigenvalue weighted by molar-refractivity contribution is 5.83. The average molecular weight is 244 g/mol. The zero-order valence-corrected chi connectivity index (χ0v) is 10.3. The second kappa shape index (κ2) is 6.44. The summed E-state index contributed by atoms with van der Waals surface area (Å²) < 4.78 is 5.28. The maximum absolute atomic E-state index is 11.8. The maximum Gasteiger partial charge on any atom is 0.326 e. The molecule has 1 aliphatic heterocycles. The predicted octanol–water partition coefficient (Wildman–Crippen LogP) is 0.670. The third-order valence-electron chi connectivity index (χ3n) is 2.79. The molecule has 6 heteroatoms. The lowest BCUT2D eigenvalue weighted by molar-refractivity contribution is -0.141. The molecule has 0 aliphatic carbocycles. The molecule has 2 amide bonds. The van der Waals surface area contributed by atoms with Crippen LogP contribution in [0, 0.1) is 0 Å². The molecule has 2 atom stereocenters. The summed E-state index contributed by atoms with van der Waals surface area (Å²) in [5.41, 5.74) is 0. The van der Waals surface area contributed by atoms with Crippen LogP contribution in [0.15, 0.2) is 0 Å². The molecule has 0 aromatic rings. The third-order valence-corrected chi connectivity index (χ3v) is 2.79. The van der Waals surface area contributed by atoms with E-state index in [1.54, 1.807) is 0 Å². The first kappa shape index (κ1) is 13.8. The molecule has 0 aromatic heterocycles. The fourth-order valence-electron chi connectivity index (χ4n) is 1.94. The topological polar surface area (TPSA) is 78.9 Å². The molecule has 2 N–H and O–H groups in total. The van der Waals surface area contributed by atoms with E-state index in [1.807, 2.05) is 13.8 Å². The molecule has 1 aliphatic rings. The normalized spacial score (nSPS) is 21.3. The molecule has 0 bridgehead atoms. The van der Waals surface area contributed by atoms with Crippen LogP contribution in [0.25, 0.3) is 0 Å². The Bertz CT molecular complexity index is 283. The number of aliphatic carboxylic acids is 1. The number of ether oxygens (including phenoxy) is 1. The van der Waals surface area contributed by atoms with E-state index in [0.717, 1.165) is 6.42 Å². The Morgan fingerprint density at radius 2 is 2.29 bits per heavy atom. The monoisotopic (exact) mass is 244 g/mol. The van der Waals surface area contributed by atoms with Crippen LogP contribution in [0.1, 0.15) is 26.7 Å². The number of urea groups is 1. The number of nitrogens with zero attached hydrogens (tertiary/aromatic N) is 1. The van der Waals surface area contributed by atoms with Gasteiger partial charge in [0.1, 0.15) is 6.04 Å². The Kier molecular flexibility index (Phi) is 5.21. The van der Waals surface area contributed by atoms with Gasteiger partial charge < -0.3 is 20.1 Å². The van der Waals surface area contributed by atoms with E-state index in [2.05, 4.69) is 5.32 Å². The Labute approximate surface area is 101 Å². The lowest BCUT2D eigenvalue weighted by Gasteiger charge is -2.22. The van der Waals surface area contributed by atoms with E-state index >= 15 is 0 Å². The lowest BCUT2D eigenvalue weighted by atomic mass is 10.2. The number of carboxylic acid groups (broad SMARTS) is 1. The zero-order valence-electron chi connectivity index (χ0n) is 10.3. The quantitative estimate of drug-likeness (QED) is 0.745. The first-order valence-corrected chi connectivity index (χ1v) is 5.95. The first-order chi connectivity index (χ1) is 8.06. The molecule has 1 heterocycles. The number of likely N-dealkylation sites (tertiary alicyclic amines) is 1. The Morgan fingerprint density at radius 3 is 2.88 bits per heavy atom. The van der Waals surface area contributed by atoms with Crippen molar-refractivity contribution in [3.05, 3.63) is 0 Å². The van der Waals surface area contributed by atoms with Crippen molar-refractivity contribution in [3.8, 4) is 0 Å². The summed E-state index contributed by atoms with van der Waals surface area (Å²) in [6.45, 7) is 5.25. The summed E-state index contributed by atoms with van der Waals surface area (Å²) in [5, 5.41) is 11.6. The van der Waals surface area contributed by atoms with Crippen LogP contribution >= 0.6 is 0 Å². The molecule has 1 fully saturated rings. The van der Waals surface area contributed by atoms with Crippen LogP contribution in [0.4, 0.5) is 4.79 Å². The highest BCUT2D eigenvalue weighted by Crippen LogP contribution is 2.17. The van der Waals surface area contributed by atoms with Gasteiger partial charge in [-0.3, -0.25) is 0 Å². The van der Waals surface area contributed by atoms with Crippen molar-refractivity contribution in [1.29, 1.82) is 0 Å². The minimum absolute atomic E-state index is 0.0603. The molecule has 0 radical (unpaired) electrons. The van der Waals surface area contributed by atoms with Crippen molar-refractivity contribution in [2.24, 2.45) is 0 Å². The number of amides is 2. The number of hydrogen-bond acceptors (Lipinski definition) is 3. The molecule has 0 spiro atoms. The Hall–Kier alpha value is -1.30. The number of hydrogen-bond donors (Lipinski definition) is 2. The predicted molar refractivity (Wildman–Crippen MR) is 61.9 cm³/mol. The van der Waals surface area contributed by atoms with Crippen molar-refractivity contribution in [1.82, 2.24) is 10.2 Å². The Balaban J connectivity index is 2.39. The summed E-state index contributed by atoms with van der Waals surface area (Å²) in [6.07, 6.45) is 1.21. The first-order valence-electron chi connectivity index (χ1n) is 5.95. The minimum Gasteiger partial charge on any atom is -0.480 e. The van der Waals surface area contributed by atoms with Gasteiger partial charge in [0.25, 0.3) is 0 Å². The maximum atomic E-state index is 11.8. The van der Waals surface area contributed by atoms with Crippen LogP contribution in [-0.2, 0) is 9.53 Å². The molecule has 17 heavy (non-hydrogen) atoms. The summed E-state index contributed by atoms with van der Waals surface area (Å²) in [6, 6.07) is -1.00. The van der Waals surface area contributed by atoms with E-state index in [9.17, 15) is 9.59 Å². The van der Waals surface area contributed by atoms with Gasteiger partial charge in [0.2, 0.25) is 0 Å². The van der Waals surface area contributed by atoms with Crippen LogP contribution in [0.5, 0.6) is 0 Å². The largest absolute Gasteiger partial charge is 0.480 e. The minimum atomic E-state index is -0.935. The SMILES string of the molecule is CCOC(C)CNC(=O)N1CCCC1C(=O)O. The van der Waals surface area contributed by atoms with Crippen LogP contribution < -0.4 is 5.32 Å². The van der Waals surface area contributed by atoms with Gasteiger partial charge in [-0.1, -0.05) is 0 Å². The van der Waals surface area contributed by atoms with Crippen molar-refractivity contribution in [3.63, 3.8) is 0 Å². The van der Waals surface area contributed by atoms with Gasteiger partial charge in [0.15, 0.2) is 0 Å². The van der Waals surface area contributed by atoms with Crippen LogP contribution in [0.2, 0.25) is 0 Å². The fourth-order valence-corrected chi connectivity index (χ4v) is 1.94. The second-order valence-electron chi connectivity index (χ2n) is 4.14. The molecule has 1 rings (SSSR count). The summed E-state index contributed by atoms with van der Waals surface area (Å²) >= 11 is 0. The third kappa shape index (κ3) is 3.89. The van der Waals surface area contributed by atoms with Gasteiger partial charge >= 0.3 is 12.0 Å². The van der Waals surface area contributed by atoms with Gasteiger partial charge in [-0.05, 0) is 26.7 Å². The number of carbonyl (C=O) groups is 2. The zero-order chi connectivity index (χ0) is 12.8. The van der Waals surface area contributed by atoms with Gasteiger partial charge in [0, 0.05) is 19.7 Å².